The van der Waals surface area contributed by atoms with Crippen LogP contribution in [0.2, 0.25) is 0 Å². The molecule has 0 amide bonds. The first-order valence-corrected chi connectivity index (χ1v) is 8.41. The number of nitrogens with zero attached hydrogens (tertiary/aromatic N) is 3. The fraction of sp³-hybridized carbons (Fsp3) is 0.300. The van der Waals surface area contributed by atoms with Gasteiger partial charge < -0.3 is 4.90 Å². The summed E-state index contributed by atoms with van der Waals surface area (Å²) in [6.45, 7) is 4.25. The minimum Gasteiger partial charge on any atom is -0.355 e. The smallest absolute Gasteiger partial charge is 0.155 e. The fourth-order valence-electron chi connectivity index (χ4n) is 3.32. The van der Waals surface area contributed by atoms with Gasteiger partial charge in [0.05, 0.1) is 11.0 Å². The highest BCUT2D eigenvalue weighted by Gasteiger charge is 2.19. The minimum absolute atomic E-state index is 0.991. The Labute approximate surface area is 137 Å². The molecule has 0 aliphatic carbocycles. The standard InChI is InChI=1S/C20H21N3/c1-15-9-8-12-17-18(15)22-19(16-10-4-2-5-11-16)20(21-17)23-13-6-3-7-14-23/h2,4-5,8-12H,3,6-7,13-14H2,1H3. The van der Waals surface area contributed by atoms with Gasteiger partial charge in [-0.15, -0.1) is 0 Å². The topological polar surface area (TPSA) is 29.0 Å². The van der Waals surface area contributed by atoms with Crippen molar-refractivity contribution in [1.82, 2.24) is 9.97 Å². The van der Waals surface area contributed by atoms with Crippen molar-refractivity contribution in [3.63, 3.8) is 0 Å². The van der Waals surface area contributed by atoms with Crippen molar-refractivity contribution in [3.8, 4) is 11.3 Å². The number of piperidine rings is 1. The van der Waals surface area contributed by atoms with E-state index in [1.54, 1.807) is 0 Å². The van der Waals surface area contributed by atoms with Gasteiger partial charge in [-0.1, -0.05) is 42.5 Å². The van der Waals surface area contributed by atoms with E-state index in [-0.39, 0.29) is 0 Å². The molecule has 0 N–H and O–H groups in total. The average molecular weight is 303 g/mol. The molecule has 3 aromatic rings. The molecule has 4 rings (SSSR count). The summed E-state index contributed by atoms with van der Waals surface area (Å²) in [5.74, 6) is 1.04. The van der Waals surface area contributed by atoms with E-state index in [0.717, 1.165) is 41.2 Å². The Morgan fingerprint density at radius 1 is 0.826 bits per heavy atom. The normalized spacial score (nSPS) is 15.1. The second-order valence-electron chi connectivity index (χ2n) is 6.25. The van der Waals surface area contributed by atoms with Crippen LogP contribution < -0.4 is 4.90 Å². The van der Waals surface area contributed by atoms with Gasteiger partial charge in [0.15, 0.2) is 5.82 Å². The first-order chi connectivity index (χ1) is 11.3. The number of para-hydroxylation sites is 1. The summed E-state index contributed by atoms with van der Waals surface area (Å²) in [4.78, 5) is 12.4. The summed E-state index contributed by atoms with van der Waals surface area (Å²) < 4.78 is 0. The maximum absolute atomic E-state index is 5.02. The Morgan fingerprint density at radius 2 is 1.61 bits per heavy atom. The Bertz CT molecular complexity index is 821. The number of hydrogen-bond donors (Lipinski definition) is 0. The molecule has 0 spiro atoms. The van der Waals surface area contributed by atoms with Crippen LogP contribution in [0.4, 0.5) is 5.82 Å². The first kappa shape index (κ1) is 14.2. The van der Waals surface area contributed by atoms with Crippen LogP contribution in [0.1, 0.15) is 24.8 Å². The molecule has 3 heteroatoms. The van der Waals surface area contributed by atoms with Gasteiger partial charge >= 0.3 is 0 Å². The lowest BCUT2D eigenvalue weighted by Crippen LogP contribution is -2.31. The SMILES string of the molecule is Cc1cccc2nc(N3CCCCC3)c(-c3ccccc3)nc12. The van der Waals surface area contributed by atoms with Crippen molar-refractivity contribution in [2.45, 2.75) is 26.2 Å². The van der Waals surface area contributed by atoms with Crippen molar-refractivity contribution in [1.29, 1.82) is 0 Å². The third-order valence-corrected chi connectivity index (χ3v) is 4.58. The molecular formula is C20H21N3. The van der Waals surface area contributed by atoms with Crippen LogP contribution >= 0.6 is 0 Å². The van der Waals surface area contributed by atoms with Gasteiger partial charge in [0, 0.05) is 18.7 Å². The van der Waals surface area contributed by atoms with Gasteiger partial charge in [-0.2, -0.15) is 0 Å². The number of aryl methyl sites for hydroxylation is 1. The van der Waals surface area contributed by atoms with Crippen molar-refractivity contribution >= 4 is 16.9 Å². The lowest BCUT2D eigenvalue weighted by molar-refractivity contribution is 0.574. The van der Waals surface area contributed by atoms with Crippen LogP contribution in [0, 0.1) is 6.92 Å². The van der Waals surface area contributed by atoms with E-state index >= 15 is 0 Å². The molecule has 2 heterocycles. The molecule has 0 atom stereocenters. The Hall–Kier alpha value is -2.42. The largest absolute Gasteiger partial charge is 0.355 e. The predicted octanol–water partition coefficient (Wildman–Crippen LogP) is 4.60. The van der Waals surface area contributed by atoms with E-state index in [9.17, 15) is 0 Å². The van der Waals surface area contributed by atoms with Crippen LogP contribution in [0.25, 0.3) is 22.3 Å². The molecule has 0 radical (unpaired) electrons. The molecule has 0 bridgehead atoms. The van der Waals surface area contributed by atoms with E-state index in [2.05, 4.69) is 54.3 Å². The summed E-state index contributed by atoms with van der Waals surface area (Å²) >= 11 is 0. The van der Waals surface area contributed by atoms with Gasteiger partial charge in [0.2, 0.25) is 0 Å². The zero-order chi connectivity index (χ0) is 15.6. The molecule has 1 aromatic heterocycles. The van der Waals surface area contributed by atoms with E-state index in [1.165, 1.54) is 24.8 Å². The number of anilines is 1. The maximum atomic E-state index is 5.02. The van der Waals surface area contributed by atoms with Gasteiger partial charge in [0.1, 0.15) is 5.69 Å². The van der Waals surface area contributed by atoms with Crippen LogP contribution in [-0.2, 0) is 0 Å². The first-order valence-electron chi connectivity index (χ1n) is 8.41. The Kier molecular flexibility index (Phi) is 3.70. The van der Waals surface area contributed by atoms with Crippen molar-refractivity contribution in [2.24, 2.45) is 0 Å². The highest BCUT2D eigenvalue weighted by molar-refractivity contribution is 5.85. The monoisotopic (exact) mass is 303 g/mol. The van der Waals surface area contributed by atoms with Crippen molar-refractivity contribution in [2.75, 3.05) is 18.0 Å². The van der Waals surface area contributed by atoms with Crippen LogP contribution in [0.3, 0.4) is 0 Å². The van der Waals surface area contributed by atoms with E-state index < -0.39 is 0 Å². The zero-order valence-corrected chi connectivity index (χ0v) is 13.5. The predicted molar refractivity (Wildman–Crippen MR) is 95.8 cm³/mol. The van der Waals surface area contributed by atoms with E-state index in [0.29, 0.717) is 0 Å². The summed E-state index contributed by atoms with van der Waals surface area (Å²) in [6.07, 6.45) is 3.79. The highest BCUT2D eigenvalue weighted by atomic mass is 15.2. The fourth-order valence-corrected chi connectivity index (χ4v) is 3.32. The summed E-state index contributed by atoms with van der Waals surface area (Å²) in [6, 6.07) is 16.7. The zero-order valence-electron chi connectivity index (χ0n) is 13.5. The average Bonchev–Trinajstić information content (AvgIpc) is 2.63. The molecular weight excluding hydrogens is 282 g/mol. The quantitative estimate of drug-likeness (QED) is 0.693. The summed E-state index contributed by atoms with van der Waals surface area (Å²) in [5.41, 5.74) is 5.33. The lowest BCUT2D eigenvalue weighted by atomic mass is 10.1. The lowest BCUT2D eigenvalue weighted by Gasteiger charge is -2.29. The third kappa shape index (κ3) is 2.67. The number of benzene rings is 2. The van der Waals surface area contributed by atoms with Gasteiger partial charge in [-0.05, 0) is 37.8 Å². The molecule has 1 saturated heterocycles. The number of rotatable bonds is 2. The summed E-state index contributed by atoms with van der Waals surface area (Å²) in [7, 11) is 0. The number of aromatic nitrogens is 2. The molecule has 0 saturated carbocycles. The molecule has 116 valence electrons. The molecule has 1 fully saturated rings. The second kappa shape index (κ2) is 5.99. The molecule has 0 unspecified atom stereocenters. The molecule has 2 aromatic carbocycles. The number of hydrogen-bond acceptors (Lipinski definition) is 3. The summed E-state index contributed by atoms with van der Waals surface area (Å²) in [5, 5.41) is 0. The number of fused-ring (bicyclic) bond motifs is 1. The van der Waals surface area contributed by atoms with Crippen LogP contribution in [0.15, 0.2) is 48.5 Å². The van der Waals surface area contributed by atoms with E-state index in [1.807, 2.05) is 6.07 Å². The Balaban J connectivity index is 1.94. The van der Waals surface area contributed by atoms with Gasteiger partial charge in [0.25, 0.3) is 0 Å². The minimum atomic E-state index is 0.991. The molecule has 1 aliphatic rings. The third-order valence-electron chi connectivity index (χ3n) is 4.58. The van der Waals surface area contributed by atoms with Crippen molar-refractivity contribution < 1.29 is 0 Å². The van der Waals surface area contributed by atoms with E-state index in [4.69, 9.17) is 9.97 Å². The second-order valence-corrected chi connectivity index (χ2v) is 6.25. The molecule has 3 nitrogen and oxygen atoms in total. The van der Waals surface area contributed by atoms with Crippen molar-refractivity contribution in [3.05, 3.63) is 54.1 Å². The van der Waals surface area contributed by atoms with Gasteiger partial charge in [-0.25, -0.2) is 9.97 Å². The maximum Gasteiger partial charge on any atom is 0.155 e. The highest BCUT2D eigenvalue weighted by Crippen LogP contribution is 2.31. The van der Waals surface area contributed by atoms with Crippen LogP contribution in [0.5, 0.6) is 0 Å². The molecule has 23 heavy (non-hydrogen) atoms. The van der Waals surface area contributed by atoms with Crippen LogP contribution in [-0.4, -0.2) is 23.1 Å². The molecule has 1 aliphatic heterocycles. The Morgan fingerprint density at radius 3 is 2.39 bits per heavy atom. The van der Waals surface area contributed by atoms with Gasteiger partial charge in [-0.3, -0.25) is 0 Å².